The van der Waals surface area contributed by atoms with Crippen LogP contribution in [0.5, 0.6) is 0 Å². The molecule has 0 unspecified atom stereocenters. The van der Waals surface area contributed by atoms with Crippen LogP contribution in [0, 0.1) is 11.8 Å². The molecule has 0 N–H and O–H groups in total. The second-order valence-electron chi connectivity index (χ2n) is 8.54. The fraction of sp³-hybridized carbons (Fsp3) is 0.435. The van der Waals surface area contributed by atoms with E-state index in [2.05, 4.69) is 19.9 Å². The summed E-state index contributed by atoms with van der Waals surface area (Å²) in [6.45, 7) is 6.73. The average molecular weight is 413 g/mol. The van der Waals surface area contributed by atoms with Crippen LogP contribution in [0.2, 0.25) is 0 Å². The van der Waals surface area contributed by atoms with Crippen molar-refractivity contribution < 1.29 is 13.2 Å². The number of hydrogen-bond donors (Lipinski definition) is 0. The SMILES string of the molecule is C[C@@H]1C[C@H](C)CN(C(=O)c2ccc(S(=O)(=O)N3CCc4ccccc4C3)cc2)C1. The van der Waals surface area contributed by atoms with Crippen LogP contribution in [0.15, 0.2) is 53.4 Å². The molecule has 1 fully saturated rings. The summed E-state index contributed by atoms with van der Waals surface area (Å²) in [5.41, 5.74) is 2.82. The lowest BCUT2D eigenvalue weighted by atomic mass is 9.91. The second-order valence-corrected chi connectivity index (χ2v) is 10.5. The number of piperidine rings is 1. The molecule has 0 radical (unpaired) electrons. The number of nitrogens with zero attached hydrogens (tertiary/aromatic N) is 2. The van der Waals surface area contributed by atoms with Crippen LogP contribution in [-0.2, 0) is 23.0 Å². The summed E-state index contributed by atoms with van der Waals surface area (Å²) >= 11 is 0. The molecule has 2 aromatic carbocycles. The Balaban J connectivity index is 1.51. The highest BCUT2D eigenvalue weighted by Gasteiger charge is 2.29. The van der Waals surface area contributed by atoms with E-state index in [1.807, 2.05) is 23.1 Å². The number of hydrogen-bond acceptors (Lipinski definition) is 3. The van der Waals surface area contributed by atoms with Crippen LogP contribution in [-0.4, -0.2) is 43.2 Å². The van der Waals surface area contributed by atoms with E-state index < -0.39 is 10.0 Å². The molecule has 0 aliphatic carbocycles. The molecule has 1 amide bonds. The van der Waals surface area contributed by atoms with Crippen LogP contribution in [0.4, 0.5) is 0 Å². The van der Waals surface area contributed by atoms with Crippen molar-refractivity contribution in [1.82, 2.24) is 9.21 Å². The fourth-order valence-electron chi connectivity index (χ4n) is 4.60. The van der Waals surface area contributed by atoms with Gasteiger partial charge in [0.1, 0.15) is 0 Å². The van der Waals surface area contributed by atoms with Gasteiger partial charge in [-0.05, 0) is 60.1 Å². The molecule has 154 valence electrons. The van der Waals surface area contributed by atoms with E-state index >= 15 is 0 Å². The first kappa shape index (κ1) is 20.1. The topological polar surface area (TPSA) is 57.7 Å². The normalized spacial score (nSPS) is 22.9. The number of benzene rings is 2. The molecular weight excluding hydrogens is 384 g/mol. The highest BCUT2D eigenvalue weighted by Crippen LogP contribution is 2.26. The van der Waals surface area contributed by atoms with Crippen molar-refractivity contribution in [3.05, 3.63) is 65.2 Å². The maximum atomic E-state index is 13.1. The minimum Gasteiger partial charge on any atom is -0.338 e. The van der Waals surface area contributed by atoms with Gasteiger partial charge in [0.2, 0.25) is 10.0 Å². The number of carbonyl (C=O) groups is 1. The van der Waals surface area contributed by atoms with Gasteiger partial charge in [-0.15, -0.1) is 0 Å². The van der Waals surface area contributed by atoms with Gasteiger partial charge in [-0.2, -0.15) is 4.31 Å². The van der Waals surface area contributed by atoms with Crippen molar-refractivity contribution in [3.8, 4) is 0 Å². The average Bonchev–Trinajstić information content (AvgIpc) is 2.72. The van der Waals surface area contributed by atoms with Gasteiger partial charge in [0, 0.05) is 31.7 Å². The zero-order valence-electron chi connectivity index (χ0n) is 17.0. The van der Waals surface area contributed by atoms with Crippen molar-refractivity contribution >= 4 is 15.9 Å². The minimum atomic E-state index is -3.58. The van der Waals surface area contributed by atoms with Crippen molar-refractivity contribution in [2.75, 3.05) is 19.6 Å². The molecule has 4 rings (SSSR count). The summed E-state index contributed by atoms with van der Waals surface area (Å²) in [6, 6.07) is 14.4. The summed E-state index contributed by atoms with van der Waals surface area (Å²) in [4.78, 5) is 15.0. The Hall–Kier alpha value is -2.18. The summed E-state index contributed by atoms with van der Waals surface area (Å²) in [5, 5.41) is 0. The smallest absolute Gasteiger partial charge is 0.253 e. The first-order valence-electron chi connectivity index (χ1n) is 10.3. The Kier molecular flexibility index (Phi) is 5.49. The van der Waals surface area contributed by atoms with Crippen LogP contribution >= 0.6 is 0 Å². The number of likely N-dealkylation sites (tertiary alicyclic amines) is 1. The Morgan fingerprint density at radius 2 is 1.55 bits per heavy atom. The Morgan fingerprint density at radius 1 is 0.931 bits per heavy atom. The molecule has 0 aromatic heterocycles. The molecule has 1 saturated heterocycles. The van der Waals surface area contributed by atoms with Gasteiger partial charge in [0.15, 0.2) is 0 Å². The highest BCUT2D eigenvalue weighted by molar-refractivity contribution is 7.89. The molecule has 6 heteroatoms. The van der Waals surface area contributed by atoms with Gasteiger partial charge in [0.25, 0.3) is 5.91 Å². The zero-order chi connectivity index (χ0) is 20.6. The van der Waals surface area contributed by atoms with Gasteiger partial charge in [-0.3, -0.25) is 4.79 Å². The second kappa shape index (κ2) is 7.92. The number of rotatable bonds is 3. The Labute approximate surface area is 173 Å². The van der Waals surface area contributed by atoms with E-state index in [-0.39, 0.29) is 10.8 Å². The lowest BCUT2D eigenvalue weighted by Crippen LogP contribution is -2.42. The molecule has 2 aliphatic rings. The van der Waals surface area contributed by atoms with Gasteiger partial charge in [-0.1, -0.05) is 38.1 Å². The maximum absolute atomic E-state index is 13.1. The Morgan fingerprint density at radius 3 is 2.21 bits per heavy atom. The van der Waals surface area contributed by atoms with Crippen molar-refractivity contribution in [1.29, 1.82) is 0 Å². The zero-order valence-corrected chi connectivity index (χ0v) is 17.9. The number of amides is 1. The van der Waals surface area contributed by atoms with Crippen LogP contribution in [0.3, 0.4) is 0 Å². The lowest BCUT2D eigenvalue weighted by molar-refractivity contribution is 0.0623. The molecule has 0 spiro atoms. The van der Waals surface area contributed by atoms with E-state index in [0.717, 1.165) is 31.5 Å². The molecule has 2 aliphatic heterocycles. The predicted octanol–water partition coefficient (Wildman–Crippen LogP) is 3.55. The summed E-state index contributed by atoms with van der Waals surface area (Å²) in [7, 11) is -3.58. The molecule has 2 heterocycles. The van der Waals surface area contributed by atoms with Gasteiger partial charge in [0.05, 0.1) is 4.90 Å². The third-order valence-corrected chi connectivity index (χ3v) is 7.85. The van der Waals surface area contributed by atoms with Crippen molar-refractivity contribution in [2.24, 2.45) is 11.8 Å². The van der Waals surface area contributed by atoms with E-state index in [1.54, 1.807) is 24.3 Å². The number of fused-ring (bicyclic) bond motifs is 1. The maximum Gasteiger partial charge on any atom is 0.253 e. The highest BCUT2D eigenvalue weighted by atomic mass is 32.2. The van der Waals surface area contributed by atoms with Crippen LogP contribution < -0.4 is 0 Å². The summed E-state index contributed by atoms with van der Waals surface area (Å²) in [5.74, 6) is 0.966. The molecule has 0 saturated carbocycles. The third kappa shape index (κ3) is 4.09. The third-order valence-electron chi connectivity index (χ3n) is 5.99. The lowest BCUT2D eigenvalue weighted by Gasteiger charge is -2.35. The molecule has 0 bridgehead atoms. The molecule has 5 nitrogen and oxygen atoms in total. The largest absolute Gasteiger partial charge is 0.338 e. The predicted molar refractivity (Wildman–Crippen MR) is 113 cm³/mol. The molecule has 2 atom stereocenters. The van der Waals surface area contributed by atoms with E-state index in [9.17, 15) is 13.2 Å². The standard InChI is InChI=1S/C23H28N2O3S/c1-17-13-18(2)15-24(14-17)23(26)20-7-9-22(10-8-20)29(27,28)25-12-11-19-5-3-4-6-21(19)16-25/h3-10,17-18H,11-16H2,1-2H3/t17-,18+. The van der Waals surface area contributed by atoms with Gasteiger partial charge in [-0.25, -0.2) is 8.42 Å². The monoisotopic (exact) mass is 412 g/mol. The molecular formula is C23H28N2O3S. The quantitative estimate of drug-likeness (QED) is 0.775. The molecule has 2 aromatic rings. The first-order chi connectivity index (χ1) is 13.8. The van der Waals surface area contributed by atoms with Crippen molar-refractivity contribution in [2.45, 2.75) is 38.1 Å². The summed E-state index contributed by atoms with van der Waals surface area (Å²) < 4.78 is 27.7. The van der Waals surface area contributed by atoms with Crippen molar-refractivity contribution in [3.63, 3.8) is 0 Å². The Bertz CT molecular complexity index is 991. The van der Waals surface area contributed by atoms with Crippen LogP contribution in [0.25, 0.3) is 0 Å². The summed E-state index contributed by atoms with van der Waals surface area (Å²) in [6.07, 6.45) is 1.86. The first-order valence-corrected chi connectivity index (χ1v) is 11.7. The van der Waals surface area contributed by atoms with Gasteiger partial charge >= 0.3 is 0 Å². The van der Waals surface area contributed by atoms with Gasteiger partial charge < -0.3 is 4.90 Å². The van der Waals surface area contributed by atoms with E-state index in [1.165, 1.54) is 9.87 Å². The number of carbonyl (C=O) groups excluding carboxylic acids is 1. The van der Waals surface area contributed by atoms with E-state index in [0.29, 0.717) is 30.5 Å². The fourth-order valence-corrected chi connectivity index (χ4v) is 6.02. The number of sulfonamides is 1. The molecule has 29 heavy (non-hydrogen) atoms. The van der Waals surface area contributed by atoms with E-state index in [4.69, 9.17) is 0 Å². The minimum absolute atomic E-state index is 0.0146. The van der Waals surface area contributed by atoms with Crippen LogP contribution in [0.1, 0.15) is 41.8 Å².